The summed E-state index contributed by atoms with van der Waals surface area (Å²) >= 11 is 0. The largest absolute Gasteiger partial charge is 0.476 e. The highest BCUT2D eigenvalue weighted by atomic mass is 16.4. The molecular formula is C11H16N2O2. The maximum atomic E-state index is 10.7. The lowest BCUT2D eigenvalue weighted by Crippen LogP contribution is -2.11. The van der Waals surface area contributed by atoms with Crippen LogP contribution in [0.5, 0.6) is 0 Å². The van der Waals surface area contributed by atoms with Gasteiger partial charge in [0.1, 0.15) is 0 Å². The third-order valence-electron chi connectivity index (χ3n) is 3.11. The van der Waals surface area contributed by atoms with E-state index in [0.29, 0.717) is 5.92 Å². The SMILES string of the molecule is Cc1cc(C(=O)O)nn1CC1CCCC1. The number of rotatable bonds is 3. The van der Waals surface area contributed by atoms with Crippen molar-refractivity contribution in [3.05, 3.63) is 17.5 Å². The average molecular weight is 208 g/mol. The summed E-state index contributed by atoms with van der Waals surface area (Å²) in [6, 6.07) is 1.64. The van der Waals surface area contributed by atoms with Crippen LogP contribution in [0, 0.1) is 12.8 Å². The first-order valence-corrected chi connectivity index (χ1v) is 5.44. The van der Waals surface area contributed by atoms with Crippen molar-refractivity contribution in [3.8, 4) is 0 Å². The van der Waals surface area contributed by atoms with Crippen molar-refractivity contribution in [2.45, 2.75) is 39.2 Å². The first-order chi connectivity index (χ1) is 7.16. The van der Waals surface area contributed by atoms with Crippen molar-refractivity contribution in [1.82, 2.24) is 9.78 Å². The van der Waals surface area contributed by atoms with E-state index in [1.807, 2.05) is 11.6 Å². The number of carboxylic acid groups (broad SMARTS) is 1. The molecule has 0 bridgehead atoms. The summed E-state index contributed by atoms with van der Waals surface area (Å²) in [5.74, 6) is -0.256. The minimum atomic E-state index is -0.941. The van der Waals surface area contributed by atoms with Crippen LogP contribution < -0.4 is 0 Å². The molecule has 0 aromatic carbocycles. The first kappa shape index (κ1) is 10.2. The Kier molecular flexibility index (Phi) is 2.75. The van der Waals surface area contributed by atoms with Crippen LogP contribution in [0.25, 0.3) is 0 Å². The second-order valence-electron chi connectivity index (χ2n) is 4.31. The number of carboxylic acids is 1. The van der Waals surface area contributed by atoms with E-state index in [-0.39, 0.29) is 5.69 Å². The third kappa shape index (κ3) is 2.19. The molecule has 0 unspecified atom stereocenters. The zero-order chi connectivity index (χ0) is 10.8. The molecule has 0 spiro atoms. The summed E-state index contributed by atoms with van der Waals surface area (Å²) in [6.45, 7) is 2.79. The normalized spacial score (nSPS) is 17.1. The van der Waals surface area contributed by atoms with Gasteiger partial charge in [0.25, 0.3) is 0 Å². The zero-order valence-electron chi connectivity index (χ0n) is 8.94. The molecule has 4 nitrogen and oxygen atoms in total. The molecule has 2 rings (SSSR count). The van der Waals surface area contributed by atoms with E-state index in [0.717, 1.165) is 12.2 Å². The van der Waals surface area contributed by atoms with Crippen LogP contribution in [0.1, 0.15) is 41.9 Å². The smallest absolute Gasteiger partial charge is 0.356 e. The summed E-state index contributed by atoms with van der Waals surface area (Å²) in [5.41, 5.74) is 1.10. The molecule has 1 aliphatic carbocycles. The molecule has 1 fully saturated rings. The highest BCUT2D eigenvalue weighted by Crippen LogP contribution is 2.26. The minimum Gasteiger partial charge on any atom is -0.476 e. The molecule has 0 amide bonds. The zero-order valence-corrected chi connectivity index (χ0v) is 8.94. The molecule has 0 atom stereocenters. The van der Waals surface area contributed by atoms with Crippen LogP contribution >= 0.6 is 0 Å². The van der Waals surface area contributed by atoms with Crippen LogP contribution in [0.4, 0.5) is 0 Å². The van der Waals surface area contributed by atoms with Crippen molar-refractivity contribution >= 4 is 5.97 Å². The first-order valence-electron chi connectivity index (χ1n) is 5.44. The van der Waals surface area contributed by atoms with Gasteiger partial charge in [-0.25, -0.2) is 4.79 Å². The van der Waals surface area contributed by atoms with Gasteiger partial charge in [-0.1, -0.05) is 12.8 Å². The van der Waals surface area contributed by atoms with Gasteiger partial charge in [0.15, 0.2) is 5.69 Å². The second kappa shape index (κ2) is 4.04. The van der Waals surface area contributed by atoms with Gasteiger partial charge in [0, 0.05) is 12.2 Å². The van der Waals surface area contributed by atoms with Crippen molar-refractivity contribution < 1.29 is 9.90 Å². The van der Waals surface area contributed by atoms with Gasteiger partial charge in [-0.2, -0.15) is 5.10 Å². The van der Waals surface area contributed by atoms with Gasteiger partial charge >= 0.3 is 5.97 Å². The van der Waals surface area contributed by atoms with Crippen LogP contribution in [0.15, 0.2) is 6.07 Å². The Labute approximate surface area is 88.9 Å². The van der Waals surface area contributed by atoms with Crippen molar-refractivity contribution in [2.24, 2.45) is 5.92 Å². The molecule has 0 saturated heterocycles. The molecule has 1 aliphatic rings. The van der Waals surface area contributed by atoms with E-state index in [4.69, 9.17) is 5.11 Å². The minimum absolute atomic E-state index is 0.158. The summed E-state index contributed by atoms with van der Waals surface area (Å²) in [5, 5.41) is 12.9. The molecule has 82 valence electrons. The number of aromatic carboxylic acids is 1. The van der Waals surface area contributed by atoms with Crippen molar-refractivity contribution in [3.63, 3.8) is 0 Å². The topological polar surface area (TPSA) is 55.1 Å². The van der Waals surface area contributed by atoms with Gasteiger partial charge < -0.3 is 5.11 Å². The quantitative estimate of drug-likeness (QED) is 0.827. The molecule has 1 N–H and O–H groups in total. The van der Waals surface area contributed by atoms with Crippen molar-refractivity contribution in [1.29, 1.82) is 0 Å². The summed E-state index contributed by atoms with van der Waals surface area (Å²) in [4.78, 5) is 10.7. The summed E-state index contributed by atoms with van der Waals surface area (Å²) in [7, 11) is 0. The Bertz CT molecular complexity index is 365. The third-order valence-corrected chi connectivity index (χ3v) is 3.11. The fourth-order valence-electron chi connectivity index (χ4n) is 2.24. The molecular weight excluding hydrogens is 192 g/mol. The van der Waals surface area contributed by atoms with E-state index in [9.17, 15) is 4.79 Å². The van der Waals surface area contributed by atoms with Gasteiger partial charge in [0.2, 0.25) is 0 Å². The molecule has 4 heteroatoms. The lowest BCUT2D eigenvalue weighted by atomic mass is 10.1. The monoisotopic (exact) mass is 208 g/mol. The van der Waals surface area contributed by atoms with E-state index >= 15 is 0 Å². The van der Waals surface area contributed by atoms with E-state index in [1.165, 1.54) is 25.7 Å². The van der Waals surface area contributed by atoms with Gasteiger partial charge in [-0.3, -0.25) is 4.68 Å². The molecule has 1 aromatic rings. The molecule has 0 radical (unpaired) electrons. The molecule has 1 aromatic heterocycles. The predicted molar refractivity (Wildman–Crippen MR) is 55.9 cm³/mol. The maximum absolute atomic E-state index is 10.7. The Hall–Kier alpha value is -1.32. The van der Waals surface area contributed by atoms with Crippen LogP contribution in [-0.4, -0.2) is 20.9 Å². The molecule has 1 saturated carbocycles. The standard InChI is InChI=1S/C11H16N2O2/c1-8-6-10(11(14)15)12-13(8)7-9-4-2-3-5-9/h6,9H,2-5,7H2,1H3,(H,14,15). The van der Waals surface area contributed by atoms with Gasteiger partial charge in [0.05, 0.1) is 0 Å². The number of carbonyl (C=O) groups is 1. The maximum Gasteiger partial charge on any atom is 0.356 e. The van der Waals surface area contributed by atoms with E-state index in [1.54, 1.807) is 6.07 Å². The van der Waals surface area contributed by atoms with Crippen LogP contribution in [0.2, 0.25) is 0 Å². The Balaban J connectivity index is 2.10. The van der Waals surface area contributed by atoms with Crippen molar-refractivity contribution in [2.75, 3.05) is 0 Å². The highest BCUT2D eigenvalue weighted by molar-refractivity contribution is 5.85. The van der Waals surface area contributed by atoms with Crippen LogP contribution in [-0.2, 0) is 6.54 Å². The summed E-state index contributed by atoms with van der Waals surface area (Å²) < 4.78 is 1.83. The lowest BCUT2D eigenvalue weighted by molar-refractivity contribution is 0.0689. The molecule has 0 aliphatic heterocycles. The average Bonchev–Trinajstić information content (AvgIpc) is 2.77. The number of hydrogen-bond acceptors (Lipinski definition) is 2. The van der Waals surface area contributed by atoms with E-state index in [2.05, 4.69) is 5.10 Å². The number of aromatic nitrogens is 2. The molecule has 1 heterocycles. The Morgan fingerprint density at radius 2 is 2.27 bits per heavy atom. The number of nitrogens with zero attached hydrogens (tertiary/aromatic N) is 2. The van der Waals surface area contributed by atoms with Gasteiger partial charge in [-0.05, 0) is 31.7 Å². The highest BCUT2D eigenvalue weighted by Gasteiger charge is 2.18. The predicted octanol–water partition coefficient (Wildman–Crippen LogP) is 2.08. The molecule has 15 heavy (non-hydrogen) atoms. The van der Waals surface area contributed by atoms with Gasteiger partial charge in [-0.15, -0.1) is 0 Å². The van der Waals surface area contributed by atoms with Crippen LogP contribution in [0.3, 0.4) is 0 Å². The Morgan fingerprint density at radius 1 is 1.60 bits per heavy atom. The Morgan fingerprint density at radius 3 is 2.80 bits per heavy atom. The summed E-state index contributed by atoms with van der Waals surface area (Å²) in [6.07, 6.45) is 5.11. The lowest BCUT2D eigenvalue weighted by Gasteiger charge is -2.10. The van der Waals surface area contributed by atoms with E-state index < -0.39 is 5.97 Å². The number of aryl methyl sites for hydroxylation is 1. The fourth-order valence-corrected chi connectivity index (χ4v) is 2.24. The number of hydrogen-bond donors (Lipinski definition) is 1. The fraction of sp³-hybridized carbons (Fsp3) is 0.636. The second-order valence-corrected chi connectivity index (χ2v) is 4.31.